The molecule has 0 atom stereocenters. The Morgan fingerprint density at radius 2 is 1.96 bits per heavy atom. The molecule has 0 N–H and O–H groups in total. The second kappa shape index (κ2) is 8.14. The predicted molar refractivity (Wildman–Crippen MR) is 92.9 cm³/mol. The van der Waals surface area contributed by atoms with Crippen LogP contribution >= 0.6 is 0 Å². The number of methoxy groups -OCH3 is 3. The molecule has 5 nitrogen and oxygen atoms in total. The lowest BCUT2D eigenvalue weighted by molar-refractivity contribution is 0.181. The minimum absolute atomic E-state index is 0.312. The van der Waals surface area contributed by atoms with Crippen molar-refractivity contribution in [2.24, 2.45) is 0 Å². The van der Waals surface area contributed by atoms with Crippen LogP contribution in [0.2, 0.25) is 0 Å². The molecule has 0 unspecified atom stereocenters. The van der Waals surface area contributed by atoms with Gasteiger partial charge in [0.25, 0.3) is 0 Å². The average molecular weight is 324 g/mol. The maximum atomic E-state index is 9.10. The summed E-state index contributed by atoms with van der Waals surface area (Å²) < 4.78 is 16.0. The van der Waals surface area contributed by atoms with Gasteiger partial charge in [-0.3, -0.25) is 0 Å². The van der Waals surface area contributed by atoms with Crippen molar-refractivity contribution in [3.8, 4) is 29.0 Å². The zero-order chi connectivity index (χ0) is 17.5. The van der Waals surface area contributed by atoms with Gasteiger partial charge >= 0.3 is 0 Å². The molecule has 124 valence electrons. The predicted octanol–water partition coefficient (Wildman–Crippen LogP) is 3.82. The number of nitriles is 1. The van der Waals surface area contributed by atoms with Gasteiger partial charge in [0.15, 0.2) is 0 Å². The number of nitrogens with zero attached hydrogens (tertiary/aromatic N) is 2. The quantitative estimate of drug-likeness (QED) is 0.808. The fraction of sp³-hybridized carbons (Fsp3) is 0.263. The number of pyridine rings is 1. The summed E-state index contributed by atoms with van der Waals surface area (Å²) in [7, 11) is 4.79. The van der Waals surface area contributed by atoms with Gasteiger partial charge in [0.2, 0.25) is 5.88 Å². The summed E-state index contributed by atoms with van der Waals surface area (Å²) in [5, 5.41) is 9.10. The van der Waals surface area contributed by atoms with Crippen molar-refractivity contribution in [3.05, 3.63) is 47.0 Å². The first-order valence-corrected chi connectivity index (χ1v) is 7.46. The molecule has 0 saturated carbocycles. The van der Waals surface area contributed by atoms with Gasteiger partial charge in [0.05, 0.1) is 26.5 Å². The summed E-state index contributed by atoms with van der Waals surface area (Å²) in [6, 6.07) is 9.54. The Labute approximate surface area is 142 Å². The lowest BCUT2D eigenvalue weighted by Crippen LogP contribution is -1.99. The first-order chi connectivity index (χ1) is 11.7. The van der Waals surface area contributed by atoms with Crippen molar-refractivity contribution in [2.75, 3.05) is 21.3 Å². The van der Waals surface area contributed by atoms with Crippen LogP contribution < -0.4 is 9.47 Å². The van der Waals surface area contributed by atoms with Crippen LogP contribution in [-0.2, 0) is 11.3 Å². The fourth-order valence-corrected chi connectivity index (χ4v) is 2.52. The number of rotatable bonds is 6. The zero-order valence-corrected chi connectivity index (χ0v) is 14.3. The number of hydrogen-bond donors (Lipinski definition) is 0. The summed E-state index contributed by atoms with van der Waals surface area (Å²) >= 11 is 0. The molecule has 5 heteroatoms. The van der Waals surface area contributed by atoms with E-state index >= 15 is 0 Å². The van der Waals surface area contributed by atoms with E-state index in [0.717, 1.165) is 28.1 Å². The molecule has 1 heterocycles. The summed E-state index contributed by atoms with van der Waals surface area (Å²) in [4.78, 5) is 4.44. The van der Waals surface area contributed by atoms with E-state index in [1.165, 1.54) is 7.11 Å². The van der Waals surface area contributed by atoms with Gasteiger partial charge in [-0.05, 0) is 31.2 Å². The van der Waals surface area contributed by atoms with Gasteiger partial charge in [-0.2, -0.15) is 5.26 Å². The maximum absolute atomic E-state index is 9.10. The molecule has 0 bridgehead atoms. The summed E-state index contributed by atoms with van der Waals surface area (Å²) in [6.07, 6.45) is 3.92. The largest absolute Gasteiger partial charge is 0.496 e. The Bertz CT molecular complexity index is 792. The highest BCUT2D eigenvalue weighted by Crippen LogP contribution is 2.33. The van der Waals surface area contributed by atoms with Gasteiger partial charge < -0.3 is 14.2 Å². The van der Waals surface area contributed by atoms with Crippen molar-refractivity contribution < 1.29 is 14.2 Å². The Morgan fingerprint density at radius 1 is 1.17 bits per heavy atom. The maximum Gasteiger partial charge on any atom is 0.231 e. The lowest BCUT2D eigenvalue weighted by Gasteiger charge is -2.14. The summed E-state index contributed by atoms with van der Waals surface area (Å²) in [6.45, 7) is 2.38. The van der Waals surface area contributed by atoms with Crippen LogP contribution in [0.15, 0.2) is 30.3 Å². The van der Waals surface area contributed by atoms with Gasteiger partial charge in [-0.1, -0.05) is 12.2 Å². The summed E-state index contributed by atoms with van der Waals surface area (Å²) in [5.41, 5.74) is 3.89. The Balaban J connectivity index is 2.64. The molecule has 2 rings (SSSR count). The van der Waals surface area contributed by atoms with Crippen LogP contribution in [0.25, 0.3) is 17.3 Å². The molecule has 0 fully saturated rings. The molecule has 0 saturated heterocycles. The smallest absolute Gasteiger partial charge is 0.231 e. The van der Waals surface area contributed by atoms with Crippen LogP contribution in [0.5, 0.6) is 11.6 Å². The molecular weight excluding hydrogens is 304 g/mol. The van der Waals surface area contributed by atoms with E-state index in [1.807, 2.05) is 31.2 Å². The Morgan fingerprint density at radius 3 is 2.54 bits per heavy atom. The second-order valence-corrected chi connectivity index (χ2v) is 5.06. The molecule has 24 heavy (non-hydrogen) atoms. The molecule has 0 aliphatic heterocycles. The van der Waals surface area contributed by atoms with Gasteiger partial charge in [0.1, 0.15) is 17.4 Å². The van der Waals surface area contributed by atoms with Crippen molar-refractivity contribution in [1.82, 2.24) is 4.98 Å². The van der Waals surface area contributed by atoms with E-state index in [-0.39, 0.29) is 0 Å². The normalized spacial score (nSPS) is 10.6. The van der Waals surface area contributed by atoms with Gasteiger partial charge in [-0.15, -0.1) is 0 Å². The highest BCUT2D eigenvalue weighted by molar-refractivity contribution is 5.71. The van der Waals surface area contributed by atoms with Crippen LogP contribution in [0.3, 0.4) is 0 Å². The van der Waals surface area contributed by atoms with Crippen molar-refractivity contribution in [3.63, 3.8) is 0 Å². The van der Waals surface area contributed by atoms with Crippen molar-refractivity contribution in [1.29, 1.82) is 5.26 Å². The van der Waals surface area contributed by atoms with Crippen LogP contribution in [0.1, 0.15) is 23.6 Å². The number of hydrogen-bond acceptors (Lipinski definition) is 5. The molecule has 2 aromatic rings. The second-order valence-electron chi connectivity index (χ2n) is 5.06. The number of allylic oxidation sites excluding steroid dienone is 1. The first kappa shape index (κ1) is 17.5. The third kappa shape index (κ3) is 3.55. The van der Waals surface area contributed by atoms with Crippen LogP contribution in [0, 0.1) is 11.3 Å². The van der Waals surface area contributed by atoms with E-state index in [1.54, 1.807) is 26.4 Å². The lowest BCUT2D eigenvalue weighted by atomic mass is 10.0. The van der Waals surface area contributed by atoms with Crippen molar-refractivity contribution in [2.45, 2.75) is 13.5 Å². The zero-order valence-electron chi connectivity index (χ0n) is 14.3. The van der Waals surface area contributed by atoms with E-state index in [0.29, 0.717) is 18.1 Å². The van der Waals surface area contributed by atoms with Crippen molar-refractivity contribution >= 4 is 6.08 Å². The van der Waals surface area contributed by atoms with E-state index in [9.17, 15) is 0 Å². The van der Waals surface area contributed by atoms with Gasteiger partial charge in [-0.25, -0.2) is 4.98 Å². The highest BCUT2D eigenvalue weighted by atomic mass is 16.5. The molecule has 0 aliphatic rings. The molecule has 1 aromatic heterocycles. The van der Waals surface area contributed by atoms with Crippen LogP contribution in [-0.4, -0.2) is 26.3 Å². The Hall–Kier alpha value is -2.84. The Kier molecular flexibility index (Phi) is 5.94. The van der Waals surface area contributed by atoms with Crippen LogP contribution in [0.4, 0.5) is 0 Å². The monoisotopic (exact) mass is 324 g/mol. The minimum Gasteiger partial charge on any atom is -0.496 e. The molecule has 0 amide bonds. The molecule has 0 aliphatic carbocycles. The number of aromatic nitrogens is 1. The molecule has 1 aromatic carbocycles. The fourth-order valence-electron chi connectivity index (χ4n) is 2.52. The third-order valence-electron chi connectivity index (χ3n) is 3.51. The standard InChI is InChI=1S/C19H20N2O3/c1-5-6-13-9-15(10-16(12-22-2)18(13)23-3)17-8-7-14(11-20)19(21-17)24-4/h5-10H,12H2,1-4H3/b6-5+. The first-order valence-electron chi connectivity index (χ1n) is 7.46. The highest BCUT2D eigenvalue weighted by Gasteiger charge is 2.13. The molecule has 0 spiro atoms. The van der Waals surface area contributed by atoms with E-state index < -0.39 is 0 Å². The topological polar surface area (TPSA) is 64.4 Å². The minimum atomic E-state index is 0.312. The average Bonchev–Trinajstić information content (AvgIpc) is 2.61. The molecule has 0 radical (unpaired) electrons. The SMILES string of the molecule is C/C=C/c1cc(-c2ccc(C#N)c(OC)n2)cc(COC)c1OC. The van der Waals surface area contributed by atoms with E-state index in [2.05, 4.69) is 11.1 Å². The summed E-state index contributed by atoms with van der Waals surface area (Å²) in [5.74, 6) is 1.09. The number of benzene rings is 1. The van der Waals surface area contributed by atoms with Gasteiger partial charge in [0, 0.05) is 23.8 Å². The molecular formula is C19H20N2O3. The third-order valence-corrected chi connectivity index (χ3v) is 3.51. The number of ether oxygens (including phenoxy) is 3. The van der Waals surface area contributed by atoms with E-state index in [4.69, 9.17) is 19.5 Å².